The lowest BCUT2D eigenvalue weighted by molar-refractivity contribution is -0.115. The minimum Gasteiger partial charge on any atom is -0.494 e. The van der Waals surface area contributed by atoms with E-state index in [9.17, 15) is 4.79 Å². The largest absolute Gasteiger partial charge is 0.494 e. The van der Waals surface area contributed by atoms with Gasteiger partial charge in [0.05, 0.1) is 12.4 Å². The molecule has 0 aliphatic carbocycles. The van der Waals surface area contributed by atoms with Crippen molar-refractivity contribution >= 4 is 17.7 Å². The van der Waals surface area contributed by atoms with Crippen molar-refractivity contribution in [1.82, 2.24) is 14.8 Å². The molecule has 0 aliphatic heterocycles. The first kappa shape index (κ1) is 18.0. The van der Waals surface area contributed by atoms with E-state index in [4.69, 9.17) is 10.5 Å². The van der Waals surface area contributed by atoms with Crippen molar-refractivity contribution in [3.05, 3.63) is 66.0 Å². The number of amides is 1. The van der Waals surface area contributed by atoms with Gasteiger partial charge in [0.25, 0.3) is 0 Å². The van der Waals surface area contributed by atoms with Crippen LogP contribution >= 0.6 is 11.8 Å². The van der Waals surface area contributed by atoms with Gasteiger partial charge in [0.2, 0.25) is 5.91 Å². The summed E-state index contributed by atoms with van der Waals surface area (Å²) in [4.78, 5) is 11.1. The summed E-state index contributed by atoms with van der Waals surface area (Å²) in [5.74, 6) is 1.42. The molecule has 0 aliphatic rings. The molecule has 3 rings (SSSR count). The molecule has 134 valence electrons. The number of para-hydroxylation sites is 1. The van der Waals surface area contributed by atoms with Crippen molar-refractivity contribution < 1.29 is 9.53 Å². The maximum atomic E-state index is 11.1. The number of thioether (sulfide) groups is 1. The monoisotopic (exact) mass is 368 g/mol. The van der Waals surface area contributed by atoms with Crippen LogP contribution in [0, 0.1) is 0 Å². The second-order valence-electron chi connectivity index (χ2n) is 5.58. The third-order valence-electron chi connectivity index (χ3n) is 3.65. The van der Waals surface area contributed by atoms with Crippen LogP contribution in [0.25, 0.3) is 5.69 Å². The maximum Gasteiger partial charge on any atom is 0.227 e. The second-order valence-corrected chi connectivity index (χ2v) is 6.52. The van der Waals surface area contributed by atoms with Gasteiger partial charge in [-0.1, -0.05) is 42.1 Å². The molecule has 1 amide bonds. The molecule has 26 heavy (non-hydrogen) atoms. The average molecular weight is 368 g/mol. The highest BCUT2D eigenvalue weighted by molar-refractivity contribution is 7.99. The van der Waals surface area contributed by atoms with Gasteiger partial charge in [0.1, 0.15) is 11.6 Å². The molecule has 0 radical (unpaired) electrons. The lowest BCUT2D eigenvalue weighted by atomic mass is 10.1. The van der Waals surface area contributed by atoms with E-state index in [-0.39, 0.29) is 11.7 Å². The Labute approximate surface area is 156 Å². The van der Waals surface area contributed by atoms with Gasteiger partial charge in [-0.3, -0.25) is 9.36 Å². The Balaban J connectivity index is 1.89. The molecule has 0 fully saturated rings. The molecule has 0 bridgehead atoms. The highest BCUT2D eigenvalue weighted by Gasteiger charge is 2.15. The first-order valence-corrected chi connectivity index (χ1v) is 9.28. The van der Waals surface area contributed by atoms with E-state index < -0.39 is 0 Å². The number of nitrogens with zero attached hydrogens (tertiary/aromatic N) is 3. The number of ether oxygens (including phenoxy) is 1. The van der Waals surface area contributed by atoms with Gasteiger partial charge in [-0.15, -0.1) is 10.2 Å². The van der Waals surface area contributed by atoms with Crippen LogP contribution in [-0.2, 0) is 11.2 Å². The number of hydrogen-bond acceptors (Lipinski definition) is 5. The summed E-state index contributed by atoms with van der Waals surface area (Å²) in [7, 11) is 0. The van der Waals surface area contributed by atoms with Crippen LogP contribution in [-0.4, -0.2) is 33.0 Å². The third-order valence-corrected chi connectivity index (χ3v) is 4.61. The lowest BCUT2D eigenvalue weighted by Gasteiger charge is -2.10. The fourth-order valence-corrected chi connectivity index (χ4v) is 3.24. The molecule has 2 N–H and O–H groups in total. The van der Waals surface area contributed by atoms with E-state index in [0.717, 1.165) is 22.8 Å². The van der Waals surface area contributed by atoms with Crippen molar-refractivity contribution in [2.24, 2.45) is 5.73 Å². The fraction of sp³-hybridized carbons (Fsp3) is 0.211. The first-order chi connectivity index (χ1) is 12.7. The Bertz CT molecular complexity index is 863. The summed E-state index contributed by atoms with van der Waals surface area (Å²) in [6, 6.07) is 17.8. The van der Waals surface area contributed by atoms with E-state index in [1.54, 1.807) is 0 Å². The molecule has 2 aromatic carbocycles. The van der Waals surface area contributed by atoms with Gasteiger partial charge in [0, 0.05) is 12.1 Å². The third kappa shape index (κ3) is 4.43. The van der Waals surface area contributed by atoms with Gasteiger partial charge in [-0.2, -0.15) is 0 Å². The van der Waals surface area contributed by atoms with E-state index >= 15 is 0 Å². The molecule has 1 aromatic heterocycles. The fourth-order valence-electron chi connectivity index (χ4n) is 2.53. The molecule has 6 nitrogen and oxygen atoms in total. The molecule has 1 heterocycles. The van der Waals surface area contributed by atoms with Crippen molar-refractivity contribution in [2.75, 3.05) is 12.4 Å². The number of rotatable bonds is 8. The van der Waals surface area contributed by atoms with Crippen LogP contribution < -0.4 is 10.5 Å². The smallest absolute Gasteiger partial charge is 0.227 e. The predicted octanol–water partition coefficient (Wildman–Crippen LogP) is 2.83. The minimum atomic E-state index is -0.384. The van der Waals surface area contributed by atoms with Crippen LogP contribution in [0.15, 0.2) is 59.8 Å². The molecular weight excluding hydrogens is 348 g/mol. The first-order valence-electron chi connectivity index (χ1n) is 8.30. The zero-order valence-corrected chi connectivity index (χ0v) is 15.3. The van der Waals surface area contributed by atoms with Crippen molar-refractivity contribution in [3.63, 3.8) is 0 Å². The number of carbonyl (C=O) groups excluding carboxylic acids is 1. The highest BCUT2D eigenvalue weighted by atomic mass is 32.2. The van der Waals surface area contributed by atoms with E-state index in [1.807, 2.05) is 66.1 Å². The molecular formula is C19H20N4O2S. The average Bonchev–Trinajstić information content (AvgIpc) is 3.05. The molecule has 0 saturated heterocycles. The SMILES string of the molecule is CCOc1ccc(Cc2nnc(SCC(N)=O)n2-c2ccccc2)cc1. The quantitative estimate of drug-likeness (QED) is 0.618. The zero-order chi connectivity index (χ0) is 18.4. The number of hydrogen-bond donors (Lipinski definition) is 1. The molecule has 3 aromatic rings. The standard InChI is InChI=1S/C19H20N4O2S/c1-2-25-16-10-8-14(9-11-16)12-18-21-22-19(26-13-17(20)24)23(18)15-6-4-3-5-7-15/h3-11H,2,12-13H2,1H3,(H2,20,24). The van der Waals surface area contributed by atoms with E-state index in [2.05, 4.69) is 10.2 Å². The maximum absolute atomic E-state index is 11.1. The van der Waals surface area contributed by atoms with E-state index in [1.165, 1.54) is 11.8 Å². The molecule has 0 unspecified atom stereocenters. The van der Waals surface area contributed by atoms with Crippen molar-refractivity contribution in [3.8, 4) is 11.4 Å². The number of primary amides is 1. The predicted molar refractivity (Wildman–Crippen MR) is 102 cm³/mol. The van der Waals surface area contributed by atoms with Crippen LogP contribution in [0.1, 0.15) is 18.3 Å². The Morgan fingerprint density at radius 2 is 1.85 bits per heavy atom. The number of aromatic nitrogens is 3. The van der Waals surface area contributed by atoms with Crippen molar-refractivity contribution in [1.29, 1.82) is 0 Å². The van der Waals surface area contributed by atoms with Gasteiger partial charge >= 0.3 is 0 Å². The highest BCUT2D eigenvalue weighted by Crippen LogP contribution is 2.23. The summed E-state index contributed by atoms with van der Waals surface area (Å²) in [6.45, 7) is 2.60. The number of benzene rings is 2. The van der Waals surface area contributed by atoms with Gasteiger partial charge in [-0.05, 0) is 36.8 Å². The van der Waals surface area contributed by atoms with Gasteiger partial charge < -0.3 is 10.5 Å². The zero-order valence-electron chi connectivity index (χ0n) is 14.5. The van der Waals surface area contributed by atoms with Crippen LogP contribution in [0.3, 0.4) is 0 Å². The Kier molecular flexibility index (Phi) is 5.91. The molecule has 7 heteroatoms. The summed E-state index contributed by atoms with van der Waals surface area (Å²) >= 11 is 1.29. The van der Waals surface area contributed by atoms with Crippen LogP contribution in [0.4, 0.5) is 0 Å². The van der Waals surface area contributed by atoms with Gasteiger partial charge in [-0.25, -0.2) is 0 Å². The molecule has 0 atom stereocenters. The summed E-state index contributed by atoms with van der Waals surface area (Å²) < 4.78 is 7.44. The normalized spacial score (nSPS) is 10.7. The Morgan fingerprint density at radius 1 is 1.12 bits per heavy atom. The number of nitrogens with two attached hydrogens (primary N) is 1. The van der Waals surface area contributed by atoms with E-state index in [0.29, 0.717) is 18.2 Å². The summed E-state index contributed by atoms with van der Waals surface area (Å²) in [6.07, 6.45) is 0.616. The summed E-state index contributed by atoms with van der Waals surface area (Å²) in [5, 5.41) is 9.23. The molecule has 0 spiro atoms. The van der Waals surface area contributed by atoms with Crippen molar-refractivity contribution in [2.45, 2.75) is 18.5 Å². The topological polar surface area (TPSA) is 83.0 Å². The summed E-state index contributed by atoms with van der Waals surface area (Å²) in [5.41, 5.74) is 7.32. The van der Waals surface area contributed by atoms with Crippen LogP contribution in [0.2, 0.25) is 0 Å². The Hall–Kier alpha value is -2.80. The lowest BCUT2D eigenvalue weighted by Crippen LogP contribution is -2.14. The van der Waals surface area contributed by atoms with Crippen LogP contribution in [0.5, 0.6) is 5.75 Å². The Morgan fingerprint density at radius 3 is 2.50 bits per heavy atom. The molecule has 0 saturated carbocycles. The second kappa shape index (κ2) is 8.53. The number of carbonyl (C=O) groups is 1. The minimum absolute atomic E-state index is 0.161. The van der Waals surface area contributed by atoms with Gasteiger partial charge in [0.15, 0.2) is 5.16 Å².